The Labute approximate surface area is 77.3 Å². The zero-order valence-corrected chi connectivity index (χ0v) is 8.88. The molecular formula is C7H15O5P. The molecule has 0 fully saturated rings. The molecule has 1 atom stereocenters. The molecule has 0 radical (unpaired) electrons. The highest BCUT2D eigenvalue weighted by molar-refractivity contribution is 7.55. The molecule has 0 aliphatic rings. The van der Waals surface area contributed by atoms with Crippen molar-refractivity contribution in [2.45, 2.75) is 32.3 Å². The van der Waals surface area contributed by atoms with Gasteiger partial charge < -0.3 is 14.5 Å². The highest BCUT2D eigenvalue weighted by Crippen LogP contribution is 2.55. The molecule has 6 heteroatoms. The van der Waals surface area contributed by atoms with Crippen molar-refractivity contribution in [3.05, 3.63) is 0 Å². The summed E-state index contributed by atoms with van der Waals surface area (Å²) in [6.45, 7) is 4.20. The van der Waals surface area contributed by atoms with Crippen LogP contribution in [0.25, 0.3) is 0 Å². The van der Waals surface area contributed by atoms with E-state index in [1.165, 1.54) is 13.8 Å². The monoisotopic (exact) mass is 210 g/mol. The minimum Gasteiger partial charge on any atom is -0.480 e. The standard InChI is InChI=1S/C7H15O5P/c1-4-5-12-13(10,11)7(2,3)6(8)9/h4-5H2,1-3H3,(H,8,9)(H,10,11). The van der Waals surface area contributed by atoms with Crippen LogP contribution in [-0.4, -0.2) is 27.7 Å². The first-order valence-corrected chi connectivity index (χ1v) is 5.54. The summed E-state index contributed by atoms with van der Waals surface area (Å²) in [5.41, 5.74) is 0. The molecule has 0 amide bonds. The first-order valence-electron chi connectivity index (χ1n) is 3.96. The van der Waals surface area contributed by atoms with Gasteiger partial charge in [-0.1, -0.05) is 6.92 Å². The minimum absolute atomic E-state index is 0.0878. The van der Waals surface area contributed by atoms with E-state index in [9.17, 15) is 14.3 Å². The van der Waals surface area contributed by atoms with Crippen molar-refractivity contribution in [1.29, 1.82) is 0 Å². The summed E-state index contributed by atoms with van der Waals surface area (Å²) < 4.78 is 16.0. The molecule has 0 rings (SSSR count). The fraction of sp³-hybridized carbons (Fsp3) is 0.857. The van der Waals surface area contributed by atoms with Gasteiger partial charge in [-0.15, -0.1) is 0 Å². The van der Waals surface area contributed by atoms with Crippen LogP contribution in [0.5, 0.6) is 0 Å². The van der Waals surface area contributed by atoms with Gasteiger partial charge in [-0.3, -0.25) is 9.36 Å². The van der Waals surface area contributed by atoms with Crippen LogP contribution in [0, 0.1) is 0 Å². The van der Waals surface area contributed by atoms with E-state index in [1.807, 2.05) is 0 Å². The lowest BCUT2D eigenvalue weighted by Crippen LogP contribution is -2.32. The van der Waals surface area contributed by atoms with Crippen LogP contribution in [-0.2, 0) is 13.9 Å². The predicted molar refractivity (Wildman–Crippen MR) is 47.8 cm³/mol. The van der Waals surface area contributed by atoms with Gasteiger partial charge in [-0.05, 0) is 20.3 Å². The predicted octanol–water partition coefficient (Wildman–Crippen LogP) is 1.46. The van der Waals surface area contributed by atoms with Crippen LogP contribution in [0.3, 0.4) is 0 Å². The van der Waals surface area contributed by atoms with Crippen molar-refractivity contribution < 1.29 is 23.9 Å². The summed E-state index contributed by atoms with van der Waals surface area (Å²) in [7, 11) is -4.07. The summed E-state index contributed by atoms with van der Waals surface area (Å²) in [5, 5.41) is 6.92. The number of carboxylic acid groups (broad SMARTS) is 1. The Hall–Kier alpha value is -0.380. The average molecular weight is 210 g/mol. The van der Waals surface area contributed by atoms with Crippen molar-refractivity contribution in [3.63, 3.8) is 0 Å². The van der Waals surface area contributed by atoms with Gasteiger partial charge in [0.1, 0.15) is 0 Å². The second-order valence-electron chi connectivity index (χ2n) is 3.22. The van der Waals surface area contributed by atoms with Crippen molar-refractivity contribution >= 4 is 13.6 Å². The third-order valence-electron chi connectivity index (χ3n) is 1.70. The lowest BCUT2D eigenvalue weighted by atomic mass is 10.2. The van der Waals surface area contributed by atoms with Gasteiger partial charge in [0, 0.05) is 0 Å². The molecule has 0 aromatic carbocycles. The van der Waals surface area contributed by atoms with Crippen molar-refractivity contribution in [1.82, 2.24) is 0 Å². The molecule has 0 bridgehead atoms. The van der Waals surface area contributed by atoms with E-state index >= 15 is 0 Å². The van der Waals surface area contributed by atoms with E-state index in [2.05, 4.69) is 4.52 Å². The summed E-state index contributed by atoms with van der Waals surface area (Å²) in [5.74, 6) is -1.34. The van der Waals surface area contributed by atoms with Crippen LogP contribution < -0.4 is 0 Å². The number of aliphatic carboxylic acids is 1. The first kappa shape index (κ1) is 12.6. The van der Waals surface area contributed by atoms with E-state index in [0.29, 0.717) is 6.42 Å². The summed E-state index contributed by atoms with van der Waals surface area (Å²) >= 11 is 0. The lowest BCUT2D eigenvalue weighted by molar-refractivity contribution is -0.139. The second-order valence-corrected chi connectivity index (χ2v) is 5.63. The molecule has 5 nitrogen and oxygen atoms in total. The smallest absolute Gasteiger partial charge is 0.344 e. The summed E-state index contributed by atoms with van der Waals surface area (Å²) in [4.78, 5) is 19.9. The molecule has 1 unspecified atom stereocenters. The van der Waals surface area contributed by atoms with Gasteiger partial charge in [0.2, 0.25) is 0 Å². The highest BCUT2D eigenvalue weighted by atomic mass is 31.2. The van der Waals surface area contributed by atoms with E-state index in [4.69, 9.17) is 5.11 Å². The molecule has 0 saturated heterocycles. The quantitative estimate of drug-likeness (QED) is 0.671. The maximum Gasteiger partial charge on any atom is 0.344 e. The molecular weight excluding hydrogens is 195 g/mol. The Bertz CT molecular complexity index is 235. The topological polar surface area (TPSA) is 83.8 Å². The van der Waals surface area contributed by atoms with Gasteiger partial charge in [-0.25, -0.2) is 0 Å². The summed E-state index contributed by atoms with van der Waals surface area (Å²) in [6.07, 6.45) is 0.570. The Balaban J connectivity index is 4.61. The lowest BCUT2D eigenvalue weighted by Gasteiger charge is -2.24. The van der Waals surface area contributed by atoms with Gasteiger partial charge in [-0.2, -0.15) is 0 Å². The van der Waals surface area contributed by atoms with Gasteiger partial charge in [0.05, 0.1) is 6.61 Å². The normalized spacial score (nSPS) is 16.6. The number of hydrogen-bond acceptors (Lipinski definition) is 3. The zero-order chi connectivity index (χ0) is 10.7. The number of rotatable bonds is 5. The Kier molecular flexibility index (Phi) is 4.10. The molecule has 78 valence electrons. The van der Waals surface area contributed by atoms with Crippen LogP contribution in [0.15, 0.2) is 0 Å². The number of hydrogen-bond donors (Lipinski definition) is 2. The van der Waals surface area contributed by atoms with Crippen molar-refractivity contribution in [2.75, 3.05) is 6.61 Å². The summed E-state index contributed by atoms with van der Waals surface area (Å²) in [6, 6.07) is 0. The Morgan fingerprint density at radius 2 is 2.00 bits per heavy atom. The highest BCUT2D eigenvalue weighted by Gasteiger charge is 2.47. The largest absolute Gasteiger partial charge is 0.480 e. The van der Waals surface area contributed by atoms with E-state index in [-0.39, 0.29) is 6.61 Å². The van der Waals surface area contributed by atoms with Gasteiger partial charge >= 0.3 is 13.6 Å². The SMILES string of the molecule is CCCOP(=O)(O)C(C)(C)C(=O)O. The number of carbonyl (C=O) groups is 1. The average Bonchev–Trinajstić information content (AvgIpc) is 2.00. The van der Waals surface area contributed by atoms with E-state index in [1.54, 1.807) is 6.92 Å². The van der Waals surface area contributed by atoms with Crippen molar-refractivity contribution in [3.8, 4) is 0 Å². The molecule has 0 aliphatic carbocycles. The Morgan fingerprint density at radius 1 is 1.54 bits per heavy atom. The second kappa shape index (κ2) is 4.22. The molecule has 0 aliphatic heterocycles. The van der Waals surface area contributed by atoms with E-state index in [0.717, 1.165) is 0 Å². The van der Waals surface area contributed by atoms with E-state index < -0.39 is 18.7 Å². The fourth-order valence-corrected chi connectivity index (χ4v) is 1.49. The molecule has 13 heavy (non-hydrogen) atoms. The Morgan fingerprint density at radius 3 is 2.31 bits per heavy atom. The molecule has 0 heterocycles. The third-order valence-corrected chi connectivity index (χ3v) is 3.84. The molecule has 2 N–H and O–H groups in total. The molecule has 0 aromatic heterocycles. The first-order chi connectivity index (χ1) is 5.75. The minimum atomic E-state index is -4.07. The molecule has 0 aromatic rings. The maximum absolute atomic E-state index is 11.4. The zero-order valence-electron chi connectivity index (χ0n) is 7.98. The maximum atomic E-state index is 11.4. The van der Waals surface area contributed by atoms with Crippen LogP contribution in [0.2, 0.25) is 0 Å². The number of carboxylic acids is 1. The molecule has 0 saturated carbocycles. The van der Waals surface area contributed by atoms with Gasteiger partial charge in [0.15, 0.2) is 5.16 Å². The van der Waals surface area contributed by atoms with Crippen LogP contribution in [0.4, 0.5) is 0 Å². The van der Waals surface area contributed by atoms with Gasteiger partial charge in [0.25, 0.3) is 0 Å². The molecule has 0 spiro atoms. The third kappa shape index (κ3) is 2.79. The van der Waals surface area contributed by atoms with Crippen LogP contribution in [0.1, 0.15) is 27.2 Å². The van der Waals surface area contributed by atoms with Crippen LogP contribution >= 0.6 is 7.60 Å². The fourth-order valence-electron chi connectivity index (χ4n) is 0.497. The van der Waals surface area contributed by atoms with Crippen molar-refractivity contribution in [2.24, 2.45) is 0 Å².